The number of carbonyl (C=O) groups excluding carboxylic acids is 5. The highest BCUT2D eigenvalue weighted by Gasteiger charge is 2.40. The smallest absolute Gasteiger partial charge is 0.255 e. The molecule has 49 heavy (non-hydrogen) atoms. The molecule has 3 heterocycles. The van der Waals surface area contributed by atoms with E-state index < -0.39 is 17.7 Å². The molecule has 0 bridgehead atoms. The topological polar surface area (TPSA) is 170 Å². The fraction of sp³-hybridized carbons (Fsp3) is 0.629. The number of piperidine rings is 1. The van der Waals surface area contributed by atoms with E-state index in [0.29, 0.717) is 69.2 Å². The van der Waals surface area contributed by atoms with E-state index >= 15 is 0 Å². The number of hydrogen-bond acceptors (Lipinski definition) is 10. The number of piperazine rings is 1. The first-order chi connectivity index (χ1) is 23.6. The first kappa shape index (κ1) is 38.1. The second-order valence-electron chi connectivity index (χ2n) is 12.9. The molecule has 3 aliphatic rings. The Morgan fingerprint density at radius 1 is 1.02 bits per heavy atom. The maximum atomic E-state index is 13.0. The Kier molecular flexibility index (Phi) is 14.7. The predicted molar refractivity (Wildman–Crippen MR) is 182 cm³/mol. The Morgan fingerprint density at radius 2 is 1.78 bits per heavy atom. The second kappa shape index (κ2) is 18.9. The van der Waals surface area contributed by atoms with Crippen molar-refractivity contribution in [2.75, 3.05) is 71.0 Å². The monoisotopic (exact) mass is 684 g/mol. The summed E-state index contributed by atoms with van der Waals surface area (Å²) in [7, 11) is 0. The molecule has 2 unspecified atom stereocenters. The number of fused-ring (bicyclic) bond motifs is 1. The molecule has 2 fully saturated rings. The number of benzene rings is 1. The molecule has 2 atom stereocenters. The number of unbranched alkanes of at least 4 members (excludes halogenated alkanes) is 2. The van der Waals surface area contributed by atoms with Crippen molar-refractivity contribution in [1.82, 2.24) is 25.3 Å². The van der Waals surface area contributed by atoms with Gasteiger partial charge in [-0.15, -0.1) is 0 Å². The Bertz CT molecular complexity index is 1340. The minimum atomic E-state index is -0.955. The lowest BCUT2D eigenvalue weighted by atomic mass is 10.0. The first-order valence-electron chi connectivity index (χ1n) is 17.4. The van der Waals surface area contributed by atoms with Gasteiger partial charge in [0.05, 0.1) is 6.54 Å². The number of amides is 5. The van der Waals surface area contributed by atoms with E-state index in [1.54, 1.807) is 25.1 Å². The standard InChI is InChI=1S/C35H52N6O8/c1-3-4-14-35(2,47)40-18-16-39(17-19-40)24-31(43)36-15-6-5-7-20-48-21-9-22-49-25-32(44)37-28-11-8-10-26-27(28)23-41(34(26)46)29-12-13-30(42)38-33(29)45/h4,8,10-11,14,29,47H,3,5-7,9,12-13,15-25H2,1-2H3,(H,36,43)(H,37,44)(H,38,42,45)/b14-4-. The van der Waals surface area contributed by atoms with Gasteiger partial charge in [-0.3, -0.25) is 39.1 Å². The second-order valence-corrected chi connectivity index (χ2v) is 12.9. The van der Waals surface area contributed by atoms with Gasteiger partial charge in [-0.1, -0.05) is 19.1 Å². The molecular weight excluding hydrogens is 632 g/mol. The van der Waals surface area contributed by atoms with E-state index in [1.165, 1.54) is 4.90 Å². The molecule has 5 amide bonds. The van der Waals surface area contributed by atoms with Crippen LogP contribution in [0.25, 0.3) is 0 Å². The number of anilines is 1. The summed E-state index contributed by atoms with van der Waals surface area (Å²) in [5.74, 6) is -1.44. The number of nitrogens with one attached hydrogen (secondary N) is 3. The van der Waals surface area contributed by atoms with Crippen molar-refractivity contribution in [2.24, 2.45) is 0 Å². The SMILES string of the molecule is CC/C=C\C(C)(O)N1CCN(CC(=O)NCCCCCOCCCOCC(=O)Nc2cccc3c2CN(C2CCC(=O)NC2=O)C3=O)CC1. The molecule has 0 saturated carbocycles. The van der Waals surface area contributed by atoms with Crippen molar-refractivity contribution in [3.05, 3.63) is 41.5 Å². The van der Waals surface area contributed by atoms with Crippen LogP contribution in [0.1, 0.15) is 74.7 Å². The third-order valence-corrected chi connectivity index (χ3v) is 9.00. The van der Waals surface area contributed by atoms with Gasteiger partial charge in [-0.2, -0.15) is 0 Å². The van der Waals surface area contributed by atoms with Crippen molar-refractivity contribution >= 4 is 35.2 Å². The number of nitrogens with zero attached hydrogens (tertiary/aromatic N) is 3. The van der Waals surface area contributed by atoms with Gasteiger partial charge in [0.15, 0.2) is 0 Å². The lowest BCUT2D eigenvalue weighted by Gasteiger charge is -2.41. The van der Waals surface area contributed by atoms with Crippen molar-refractivity contribution < 1.29 is 38.6 Å². The summed E-state index contributed by atoms with van der Waals surface area (Å²) in [6, 6.07) is 4.34. The highest BCUT2D eigenvalue weighted by molar-refractivity contribution is 6.06. The Labute approximate surface area is 288 Å². The van der Waals surface area contributed by atoms with Gasteiger partial charge in [-0.25, -0.2) is 0 Å². The van der Waals surface area contributed by atoms with Crippen molar-refractivity contribution in [1.29, 1.82) is 0 Å². The van der Waals surface area contributed by atoms with Crippen LogP contribution in [0.15, 0.2) is 30.4 Å². The maximum absolute atomic E-state index is 13.0. The van der Waals surface area contributed by atoms with Crippen LogP contribution < -0.4 is 16.0 Å². The van der Waals surface area contributed by atoms with E-state index in [0.717, 1.165) is 38.8 Å². The van der Waals surface area contributed by atoms with Gasteiger partial charge in [0.25, 0.3) is 5.91 Å². The van der Waals surface area contributed by atoms with E-state index in [2.05, 4.69) is 20.9 Å². The molecule has 270 valence electrons. The summed E-state index contributed by atoms with van der Waals surface area (Å²) in [5.41, 5.74) is 0.610. The minimum Gasteiger partial charge on any atom is -0.381 e. The molecule has 3 aliphatic heterocycles. The number of hydrogen-bond donors (Lipinski definition) is 4. The van der Waals surface area contributed by atoms with E-state index in [9.17, 15) is 29.1 Å². The number of ether oxygens (including phenoxy) is 2. The van der Waals surface area contributed by atoms with E-state index in [-0.39, 0.29) is 49.6 Å². The van der Waals surface area contributed by atoms with Crippen LogP contribution in [-0.2, 0) is 35.2 Å². The summed E-state index contributed by atoms with van der Waals surface area (Å²) in [5, 5.41) is 18.7. The molecule has 4 rings (SSSR count). The van der Waals surface area contributed by atoms with Crippen LogP contribution in [0.2, 0.25) is 0 Å². The third kappa shape index (κ3) is 11.4. The molecule has 0 aromatic heterocycles. The zero-order valence-electron chi connectivity index (χ0n) is 28.8. The lowest BCUT2D eigenvalue weighted by Crippen LogP contribution is -2.56. The number of rotatable bonds is 19. The average molecular weight is 685 g/mol. The zero-order chi connectivity index (χ0) is 35.2. The fourth-order valence-corrected chi connectivity index (χ4v) is 6.22. The molecule has 14 heteroatoms. The van der Waals surface area contributed by atoms with Crippen molar-refractivity contribution in [3.8, 4) is 0 Å². The molecule has 1 aromatic carbocycles. The van der Waals surface area contributed by atoms with Gasteiger partial charge in [0, 0.05) is 82.3 Å². The first-order valence-corrected chi connectivity index (χ1v) is 17.4. The van der Waals surface area contributed by atoms with Crippen LogP contribution in [0.3, 0.4) is 0 Å². The van der Waals surface area contributed by atoms with Gasteiger partial charge < -0.3 is 30.1 Å². The predicted octanol–water partition coefficient (Wildman–Crippen LogP) is 1.39. The summed E-state index contributed by atoms with van der Waals surface area (Å²) in [6.07, 6.45) is 8.48. The van der Waals surface area contributed by atoms with Crippen LogP contribution in [-0.4, -0.2) is 127 Å². The molecule has 0 spiro atoms. The molecule has 14 nitrogen and oxygen atoms in total. The van der Waals surface area contributed by atoms with Crippen molar-refractivity contribution in [3.63, 3.8) is 0 Å². The highest BCUT2D eigenvalue weighted by Crippen LogP contribution is 2.32. The van der Waals surface area contributed by atoms with E-state index in [1.807, 2.05) is 24.0 Å². The molecular formula is C35H52N6O8. The average Bonchev–Trinajstić information content (AvgIpc) is 3.41. The van der Waals surface area contributed by atoms with Gasteiger partial charge in [0.2, 0.25) is 23.6 Å². The Hall–Kier alpha value is -3.69. The maximum Gasteiger partial charge on any atom is 0.255 e. The summed E-state index contributed by atoms with van der Waals surface area (Å²) >= 11 is 0. The quantitative estimate of drug-likeness (QED) is 0.0949. The number of aliphatic hydroxyl groups is 1. The summed E-state index contributed by atoms with van der Waals surface area (Å²) < 4.78 is 11.2. The Morgan fingerprint density at radius 3 is 2.53 bits per heavy atom. The lowest BCUT2D eigenvalue weighted by molar-refractivity contribution is -0.137. The van der Waals surface area contributed by atoms with Crippen molar-refractivity contribution in [2.45, 2.75) is 77.1 Å². The molecule has 4 N–H and O–H groups in total. The zero-order valence-corrected chi connectivity index (χ0v) is 28.8. The summed E-state index contributed by atoms with van der Waals surface area (Å²) in [4.78, 5) is 67.3. The van der Waals surface area contributed by atoms with Crippen LogP contribution in [0.5, 0.6) is 0 Å². The number of carbonyl (C=O) groups is 5. The van der Waals surface area contributed by atoms with Gasteiger partial charge >= 0.3 is 0 Å². The normalized spacial score (nSPS) is 19.9. The van der Waals surface area contributed by atoms with Crippen LogP contribution in [0, 0.1) is 0 Å². The Balaban J connectivity index is 0.987. The largest absolute Gasteiger partial charge is 0.381 e. The van der Waals surface area contributed by atoms with E-state index in [4.69, 9.17) is 9.47 Å². The van der Waals surface area contributed by atoms with Gasteiger partial charge in [0.1, 0.15) is 18.4 Å². The number of allylic oxidation sites excluding steroid dienone is 1. The highest BCUT2D eigenvalue weighted by atomic mass is 16.5. The molecule has 2 saturated heterocycles. The third-order valence-electron chi connectivity index (χ3n) is 9.00. The molecule has 1 aromatic rings. The number of imide groups is 1. The summed E-state index contributed by atoms with van der Waals surface area (Å²) in [6.45, 7) is 9.27. The van der Waals surface area contributed by atoms with Gasteiger partial charge in [-0.05, 0) is 63.7 Å². The molecule has 0 aliphatic carbocycles. The fourth-order valence-electron chi connectivity index (χ4n) is 6.22. The van der Waals surface area contributed by atoms with Crippen LogP contribution in [0.4, 0.5) is 5.69 Å². The minimum absolute atomic E-state index is 0.0234. The molecule has 0 radical (unpaired) electrons. The van der Waals surface area contributed by atoms with Crippen LogP contribution >= 0.6 is 0 Å².